The maximum Gasteiger partial charge on any atom is 0.306 e. The molecule has 8 nitrogen and oxygen atoms in total. The molecule has 0 aromatic carbocycles. The molecular formula is C12H24N3O5Pt. The van der Waals surface area contributed by atoms with Crippen LogP contribution in [0.15, 0.2) is 0 Å². The van der Waals surface area contributed by atoms with Crippen LogP contribution in [-0.4, -0.2) is 31.3 Å². The van der Waals surface area contributed by atoms with Crippen LogP contribution in [0.5, 0.6) is 0 Å². The number of carboxylic acid groups (broad SMARTS) is 1. The van der Waals surface area contributed by atoms with E-state index in [0.29, 0.717) is 0 Å². The number of nitrogens with zero attached hydrogens (tertiary/aromatic N) is 1. The Morgan fingerprint density at radius 3 is 1.90 bits per heavy atom. The van der Waals surface area contributed by atoms with E-state index < -0.39 is 11.1 Å². The number of carboxylic acids is 1. The van der Waals surface area contributed by atoms with Gasteiger partial charge in [-0.05, 0) is 12.8 Å². The molecule has 0 bridgehead atoms. The van der Waals surface area contributed by atoms with Crippen LogP contribution in [-0.2, 0) is 24.6 Å². The number of aliphatic carboxylic acids is 1. The maximum absolute atomic E-state index is 10.2. The van der Waals surface area contributed by atoms with Crippen LogP contribution in [0, 0.1) is 16.0 Å². The first-order valence-electron chi connectivity index (χ1n) is 6.93. The molecule has 127 valence electrons. The largest absolute Gasteiger partial charge is 0.481 e. The maximum atomic E-state index is 10.2. The van der Waals surface area contributed by atoms with Crippen molar-refractivity contribution in [2.24, 2.45) is 17.4 Å². The van der Waals surface area contributed by atoms with Gasteiger partial charge in [-0.15, -0.1) is 10.1 Å². The third-order valence-electron chi connectivity index (χ3n) is 3.61. The Labute approximate surface area is 135 Å². The quantitative estimate of drug-likeness (QED) is 0.319. The van der Waals surface area contributed by atoms with Crippen LogP contribution in [0.2, 0.25) is 0 Å². The molecular weight excluding hydrogens is 461 g/mol. The van der Waals surface area contributed by atoms with E-state index >= 15 is 0 Å². The van der Waals surface area contributed by atoms with Gasteiger partial charge >= 0.3 is 72.9 Å². The van der Waals surface area contributed by atoms with Crippen LogP contribution in [0.4, 0.5) is 0 Å². The molecule has 9 heteroatoms. The summed E-state index contributed by atoms with van der Waals surface area (Å²) in [6, 6.07) is 0.216. The van der Waals surface area contributed by atoms with Crippen LogP contribution >= 0.6 is 0 Å². The first kappa shape index (κ1) is 20.3. The van der Waals surface area contributed by atoms with Gasteiger partial charge in [-0.2, -0.15) is 0 Å². The molecule has 6 N–H and O–H groups in total. The first-order valence-corrected chi connectivity index (χ1v) is 8.06. The van der Waals surface area contributed by atoms with Crippen LogP contribution in [0.3, 0.4) is 0 Å². The fourth-order valence-electron chi connectivity index (χ4n) is 2.34. The number of hydrogen-bond donors (Lipinski definition) is 4. The monoisotopic (exact) mass is 485 g/mol. The van der Waals surface area contributed by atoms with Crippen molar-refractivity contribution in [3.05, 3.63) is 10.1 Å². The molecule has 0 heterocycles. The molecule has 0 aromatic heterocycles. The van der Waals surface area contributed by atoms with E-state index in [4.69, 9.17) is 31.9 Å². The summed E-state index contributed by atoms with van der Waals surface area (Å²) in [7, 11) is 0. The van der Waals surface area contributed by atoms with Crippen LogP contribution in [0.1, 0.15) is 51.4 Å². The van der Waals surface area contributed by atoms with Crippen molar-refractivity contribution < 1.29 is 40.0 Å². The Bertz CT molecular complexity index is 331. The summed E-state index contributed by atoms with van der Waals surface area (Å²) >= 11 is 2.25. The predicted octanol–water partition coefficient (Wildman–Crippen LogP) is 1.00. The summed E-state index contributed by atoms with van der Waals surface area (Å²) in [6.45, 7) is 0. The minimum absolute atomic E-state index is 0.0185. The molecule has 2 saturated carbocycles. The van der Waals surface area contributed by atoms with Gasteiger partial charge in [0.05, 0.1) is 5.92 Å². The predicted molar refractivity (Wildman–Crippen MR) is 71.7 cm³/mol. The molecule has 2 rings (SSSR count). The fraction of sp³-hybridized carbons (Fsp3) is 0.917. The van der Waals surface area contributed by atoms with Crippen molar-refractivity contribution in [1.29, 1.82) is 0 Å². The first-order chi connectivity index (χ1) is 9.66. The molecule has 0 aliphatic heterocycles. The van der Waals surface area contributed by atoms with Crippen molar-refractivity contribution in [2.45, 2.75) is 61.3 Å². The normalized spacial score (nSPS) is 28.7. The molecule has 0 radical (unpaired) electrons. The smallest absolute Gasteiger partial charge is 0.306 e. The molecule has 2 aliphatic rings. The number of carbonyl (C=O) groups is 1. The average molecular weight is 485 g/mol. The summed E-state index contributed by atoms with van der Waals surface area (Å²) in [6.07, 6.45) is 8.69. The summed E-state index contributed by atoms with van der Waals surface area (Å²) in [5.41, 5.74) is 11.7. The molecule has 0 amide bonds. The van der Waals surface area contributed by atoms with Crippen molar-refractivity contribution in [1.82, 2.24) is 0 Å². The fourth-order valence-corrected chi connectivity index (χ4v) is 3.07. The van der Waals surface area contributed by atoms with Gasteiger partial charge in [-0.3, -0.25) is 4.79 Å². The number of rotatable bonds is 1. The summed E-state index contributed by atoms with van der Waals surface area (Å²) < 4.78 is -0.113. The van der Waals surface area contributed by atoms with Crippen LogP contribution < -0.4 is 11.5 Å². The number of nitrogens with two attached hydrogens (primary N) is 2. The topological polar surface area (TPSA) is 153 Å². The van der Waals surface area contributed by atoms with Crippen LogP contribution in [0.25, 0.3) is 0 Å². The van der Waals surface area contributed by atoms with E-state index in [1.807, 2.05) is 0 Å². The molecule has 0 unspecified atom stereocenters. The molecule has 2 atom stereocenters. The van der Waals surface area contributed by atoms with Gasteiger partial charge in [-0.25, -0.2) is 0 Å². The van der Waals surface area contributed by atoms with E-state index in [2.05, 4.69) is 19.8 Å². The SMILES string of the molecule is N[C@@H]1CCCC[C@]1(N)[Pt].O=C(O)C1CCCC1.O=[N+]([O-])O. The number of hydrogen-bond acceptors (Lipinski definition) is 5. The molecule has 0 spiro atoms. The zero-order chi connectivity index (χ0) is 16.5. The Kier molecular flexibility index (Phi) is 9.73. The standard InChI is InChI=1S/C6H13N2.C6H10O2.HNO3.Pt/c7-5-3-1-2-4-6(5)8;7-6(8)5-3-1-2-4-5;2-1(3)4;/h5H,1-4,7-8H2;5H,1-4H2,(H,7,8);(H,2,3,4);/t5-;;;/m1.../s1. The zero-order valence-corrected chi connectivity index (χ0v) is 14.1. The molecule has 2 fully saturated rings. The summed E-state index contributed by atoms with van der Waals surface area (Å²) in [5, 5.41) is 22.1. The Morgan fingerprint density at radius 1 is 1.24 bits per heavy atom. The zero-order valence-electron chi connectivity index (χ0n) is 11.8. The van der Waals surface area contributed by atoms with Gasteiger partial charge in [-0.1, -0.05) is 12.8 Å². The van der Waals surface area contributed by atoms with Crippen molar-refractivity contribution in [3.63, 3.8) is 0 Å². The third-order valence-corrected chi connectivity index (χ3v) is 5.02. The second-order valence-corrected chi connectivity index (χ2v) is 7.39. The van der Waals surface area contributed by atoms with Crippen molar-refractivity contribution >= 4 is 5.97 Å². The van der Waals surface area contributed by atoms with Gasteiger partial charge in [0.1, 0.15) is 0 Å². The van der Waals surface area contributed by atoms with E-state index in [1.165, 1.54) is 12.8 Å². The average Bonchev–Trinajstić information content (AvgIpc) is 2.87. The van der Waals surface area contributed by atoms with E-state index in [0.717, 1.165) is 38.5 Å². The summed E-state index contributed by atoms with van der Waals surface area (Å²) in [5.74, 6) is -0.627. The van der Waals surface area contributed by atoms with E-state index in [1.54, 1.807) is 0 Å². The molecule has 21 heavy (non-hydrogen) atoms. The molecule has 2 aliphatic carbocycles. The van der Waals surface area contributed by atoms with E-state index in [-0.39, 0.29) is 15.9 Å². The summed E-state index contributed by atoms with van der Waals surface area (Å²) in [4.78, 5) is 18.6. The van der Waals surface area contributed by atoms with Crippen molar-refractivity contribution in [3.8, 4) is 0 Å². The van der Waals surface area contributed by atoms with Crippen molar-refractivity contribution in [2.75, 3.05) is 0 Å². The minimum Gasteiger partial charge on any atom is -0.481 e. The Morgan fingerprint density at radius 2 is 1.67 bits per heavy atom. The third kappa shape index (κ3) is 9.76. The van der Waals surface area contributed by atoms with Gasteiger partial charge in [0, 0.05) is 0 Å². The molecule has 0 aromatic rings. The Balaban J connectivity index is 0.000000308. The van der Waals surface area contributed by atoms with Gasteiger partial charge in [0.15, 0.2) is 0 Å². The van der Waals surface area contributed by atoms with E-state index in [9.17, 15) is 4.79 Å². The molecule has 0 saturated heterocycles. The second kappa shape index (κ2) is 10.1. The van der Waals surface area contributed by atoms with Gasteiger partial charge in [0.25, 0.3) is 5.09 Å². The minimum atomic E-state index is -1.50. The Hall–Kier alpha value is -0.722. The second-order valence-electron chi connectivity index (χ2n) is 5.28. The van der Waals surface area contributed by atoms with Gasteiger partial charge < -0.3 is 10.3 Å². The van der Waals surface area contributed by atoms with Gasteiger partial charge in [0.2, 0.25) is 0 Å².